The minimum atomic E-state index is -1.15. The number of methoxy groups -OCH3 is 1. The molecule has 8 heteroatoms. The second kappa shape index (κ2) is 6.81. The molecule has 0 aromatic heterocycles. The number of nitrogens with zero attached hydrogens (tertiary/aromatic N) is 1. The van der Waals surface area contributed by atoms with E-state index in [4.69, 9.17) is 4.84 Å². The predicted molar refractivity (Wildman–Crippen MR) is 71.6 cm³/mol. The van der Waals surface area contributed by atoms with Crippen LogP contribution in [0.15, 0.2) is 30.3 Å². The van der Waals surface area contributed by atoms with Crippen molar-refractivity contribution in [3.63, 3.8) is 0 Å². The second-order valence-electron chi connectivity index (χ2n) is 4.54. The third kappa shape index (κ3) is 3.29. The number of benzene rings is 1. The molecule has 1 aliphatic rings. The first-order chi connectivity index (χ1) is 10.5. The van der Waals surface area contributed by atoms with Gasteiger partial charge in [-0.05, 0) is 5.56 Å². The number of hydrogen-bond acceptors (Lipinski definition) is 6. The summed E-state index contributed by atoms with van der Waals surface area (Å²) in [5.74, 6) is -4.68. The Hall–Kier alpha value is -2.74. The maximum atomic E-state index is 11.7. The van der Waals surface area contributed by atoms with Gasteiger partial charge in [0.2, 0.25) is 5.91 Å². The molecule has 0 radical (unpaired) electrons. The van der Waals surface area contributed by atoms with Gasteiger partial charge in [-0.3, -0.25) is 24.1 Å². The van der Waals surface area contributed by atoms with Crippen molar-refractivity contribution >= 4 is 23.7 Å². The van der Waals surface area contributed by atoms with E-state index in [1.807, 2.05) is 30.3 Å². The van der Waals surface area contributed by atoms with Gasteiger partial charge < -0.3 is 4.74 Å². The number of imide groups is 1. The molecule has 1 aromatic carbocycles. The summed E-state index contributed by atoms with van der Waals surface area (Å²) in [6.07, 6.45) is 0. The number of rotatable bonds is 4. The van der Waals surface area contributed by atoms with Crippen molar-refractivity contribution in [2.24, 2.45) is 5.92 Å². The van der Waals surface area contributed by atoms with Gasteiger partial charge in [-0.2, -0.15) is 0 Å². The molecule has 0 aliphatic carbocycles. The summed E-state index contributed by atoms with van der Waals surface area (Å²) < 4.78 is 4.22. The van der Waals surface area contributed by atoms with E-state index in [0.29, 0.717) is 4.90 Å². The van der Waals surface area contributed by atoms with Crippen molar-refractivity contribution in [2.45, 2.75) is 6.61 Å². The van der Waals surface area contributed by atoms with Crippen LogP contribution in [0.4, 0.5) is 0 Å². The smallest absolute Gasteiger partial charge is 0.397 e. The van der Waals surface area contributed by atoms with Crippen LogP contribution >= 0.6 is 0 Å². The Kier molecular flexibility index (Phi) is 4.84. The highest BCUT2D eigenvalue weighted by molar-refractivity contribution is 6.37. The highest BCUT2D eigenvalue weighted by atomic mass is 16.6. The summed E-state index contributed by atoms with van der Waals surface area (Å²) in [5, 5.41) is 0. The summed E-state index contributed by atoms with van der Waals surface area (Å²) in [5.41, 5.74) is 3.00. The fraction of sp³-hybridized carbons (Fsp3) is 0.286. The normalized spacial score (nSPS) is 16.7. The van der Waals surface area contributed by atoms with E-state index >= 15 is 0 Å². The number of carbonyl (C=O) groups is 4. The highest BCUT2D eigenvalue weighted by Gasteiger charge is 2.47. The quantitative estimate of drug-likeness (QED) is 0.262. The van der Waals surface area contributed by atoms with Crippen molar-refractivity contribution in [3.05, 3.63) is 35.9 Å². The molecule has 3 amide bonds. The number of ether oxygens (including phenoxy) is 1. The zero-order chi connectivity index (χ0) is 16.1. The van der Waals surface area contributed by atoms with Crippen LogP contribution in [0.2, 0.25) is 0 Å². The molecule has 8 nitrogen and oxygen atoms in total. The number of amides is 3. The summed E-state index contributed by atoms with van der Waals surface area (Å²) in [6, 6.07) is 9.13. The van der Waals surface area contributed by atoms with Crippen LogP contribution in [-0.4, -0.2) is 42.2 Å². The molecular formula is C14H14N2O6. The molecule has 116 valence electrons. The fourth-order valence-electron chi connectivity index (χ4n) is 1.84. The van der Waals surface area contributed by atoms with Crippen LogP contribution in [0.1, 0.15) is 5.56 Å². The Morgan fingerprint density at radius 1 is 1.27 bits per heavy atom. The lowest BCUT2D eigenvalue weighted by Gasteiger charge is -2.34. The molecule has 0 bridgehead atoms. The molecule has 0 saturated carbocycles. The van der Waals surface area contributed by atoms with Crippen LogP contribution in [0.5, 0.6) is 0 Å². The molecular weight excluding hydrogens is 292 g/mol. The van der Waals surface area contributed by atoms with E-state index in [1.165, 1.54) is 0 Å². The third-order valence-corrected chi connectivity index (χ3v) is 3.11. The average molecular weight is 306 g/mol. The van der Waals surface area contributed by atoms with Crippen molar-refractivity contribution in [1.82, 2.24) is 10.4 Å². The molecule has 1 heterocycles. The van der Waals surface area contributed by atoms with E-state index in [1.54, 1.807) is 0 Å². The largest absolute Gasteiger partial charge is 0.462 e. The van der Waals surface area contributed by atoms with E-state index in [9.17, 15) is 19.2 Å². The molecule has 1 fully saturated rings. The lowest BCUT2D eigenvalue weighted by Crippen LogP contribution is -2.61. The number of hydroxylamine groups is 1. The second-order valence-corrected chi connectivity index (χ2v) is 4.54. The fourth-order valence-corrected chi connectivity index (χ4v) is 1.84. The van der Waals surface area contributed by atoms with Gasteiger partial charge >= 0.3 is 11.9 Å². The number of esters is 1. The first kappa shape index (κ1) is 15.6. The van der Waals surface area contributed by atoms with E-state index < -0.39 is 29.6 Å². The van der Waals surface area contributed by atoms with Crippen molar-refractivity contribution in [1.29, 1.82) is 0 Å². The van der Waals surface area contributed by atoms with Crippen molar-refractivity contribution in [3.8, 4) is 0 Å². The third-order valence-electron chi connectivity index (χ3n) is 3.11. The number of nitrogens with one attached hydrogen (secondary N) is 1. The summed E-state index contributed by atoms with van der Waals surface area (Å²) in [4.78, 5) is 51.5. The number of hydrogen-bond donors (Lipinski definition) is 1. The number of likely N-dealkylation sites (tertiary alicyclic amines) is 1. The lowest BCUT2D eigenvalue weighted by molar-refractivity contribution is -0.172. The molecule has 22 heavy (non-hydrogen) atoms. The van der Waals surface area contributed by atoms with Gasteiger partial charge in [-0.25, -0.2) is 10.3 Å². The SMILES string of the molecule is COC(=O)C(=O)N1CC(C(=O)NOCc2ccccc2)C1=O. The Labute approximate surface area is 125 Å². The highest BCUT2D eigenvalue weighted by Crippen LogP contribution is 2.18. The van der Waals surface area contributed by atoms with Gasteiger partial charge in [0.1, 0.15) is 5.92 Å². The molecule has 1 aliphatic heterocycles. The Balaban J connectivity index is 1.77. The van der Waals surface area contributed by atoms with Gasteiger partial charge in [0.15, 0.2) is 0 Å². The van der Waals surface area contributed by atoms with Gasteiger partial charge in [0.05, 0.1) is 13.7 Å². The van der Waals surface area contributed by atoms with Crippen LogP contribution in [0.25, 0.3) is 0 Å². The average Bonchev–Trinajstić information content (AvgIpc) is 2.53. The Bertz CT molecular complexity index is 601. The molecule has 0 spiro atoms. The van der Waals surface area contributed by atoms with Gasteiger partial charge in [-0.15, -0.1) is 0 Å². The summed E-state index contributed by atoms with van der Waals surface area (Å²) in [7, 11) is 1.03. The predicted octanol–water partition coefficient (Wildman–Crippen LogP) is -0.608. The molecule has 1 unspecified atom stereocenters. The standard InChI is InChI=1S/C14H14N2O6/c1-21-14(20)13(19)16-7-10(12(16)18)11(17)15-22-8-9-5-3-2-4-6-9/h2-6,10H,7-8H2,1H3,(H,15,17). The lowest BCUT2D eigenvalue weighted by atomic mass is 9.98. The Morgan fingerprint density at radius 3 is 2.55 bits per heavy atom. The minimum absolute atomic E-state index is 0.151. The molecule has 2 rings (SSSR count). The first-order valence-corrected chi connectivity index (χ1v) is 6.43. The molecule has 1 atom stereocenters. The summed E-state index contributed by atoms with van der Waals surface area (Å²) >= 11 is 0. The molecule has 1 saturated heterocycles. The van der Waals surface area contributed by atoms with Crippen molar-refractivity contribution in [2.75, 3.05) is 13.7 Å². The van der Waals surface area contributed by atoms with Gasteiger partial charge in [0.25, 0.3) is 5.91 Å². The monoisotopic (exact) mass is 306 g/mol. The summed E-state index contributed by atoms with van der Waals surface area (Å²) in [6.45, 7) is -0.0222. The van der Waals surface area contributed by atoms with Gasteiger partial charge in [-0.1, -0.05) is 30.3 Å². The number of β-lactam (4-membered cyclic amide) rings is 1. The zero-order valence-electron chi connectivity index (χ0n) is 11.8. The topological polar surface area (TPSA) is 102 Å². The van der Waals surface area contributed by atoms with Crippen LogP contribution in [-0.2, 0) is 35.4 Å². The van der Waals surface area contributed by atoms with Crippen LogP contribution in [0.3, 0.4) is 0 Å². The minimum Gasteiger partial charge on any atom is -0.462 e. The maximum Gasteiger partial charge on any atom is 0.397 e. The van der Waals surface area contributed by atoms with E-state index in [2.05, 4.69) is 10.2 Å². The van der Waals surface area contributed by atoms with Crippen LogP contribution < -0.4 is 5.48 Å². The van der Waals surface area contributed by atoms with Gasteiger partial charge in [0, 0.05) is 6.54 Å². The molecule has 1 N–H and O–H groups in total. The molecule has 1 aromatic rings. The Morgan fingerprint density at radius 2 is 1.95 bits per heavy atom. The van der Waals surface area contributed by atoms with E-state index in [0.717, 1.165) is 12.7 Å². The first-order valence-electron chi connectivity index (χ1n) is 6.43. The zero-order valence-corrected chi connectivity index (χ0v) is 11.8. The number of carbonyl (C=O) groups excluding carboxylic acids is 4. The maximum absolute atomic E-state index is 11.7. The van der Waals surface area contributed by atoms with Crippen LogP contribution in [0, 0.1) is 5.92 Å². The van der Waals surface area contributed by atoms with Crippen molar-refractivity contribution < 1.29 is 28.8 Å². The van der Waals surface area contributed by atoms with E-state index in [-0.39, 0.29) is 13.2 Å².